The zero-order valence-electron chi connectivity index (χ0n) is 24.7. The summed E-state index contributed by atoms with van der Waals surface area (Å²) in [6.45, 7) is 16.1. The van der Waals surface area contributed by atoms with Crippen LogP contribution in [-0.4, -0.2) is 42.1 Å². The number of aromatic nitrogens is 4. The highest BCUT2D eigenvalue weighted by molar-refractivity contribution is 5.97. The van der Waals surface area contributed by atoms with Crippen LogP contribution in [0.4, 0.5) is 0 Å². The van der Waals surface area contributed by atoms with E-state index >= 15 is 0 Å². The number of aryl methyl sites for hydroxylation is 2. The number of rotatable bonds is 8. The Bertz CT molecular complexity index is 1920. The van der Waals surface area contributed by atoms with Crippen molar-refractivity contribution in [3.05, 3.63) is 82.5 Å². The zero-order valence-corrected chi connectivity index (χ0v) is 25.5. The molecule has 0 unspecified atom stereocenters. The molecule has 8 bridgehead atoms. The van der Waals surface area contributed by atoms with Gasteiger partial charge >= 0.3 is 11.9 Å². The third kappa shape index (κ3) is 5.83. The summed E-state index contributed by atoms with van der Waals surface area (Å²) < 4.78 is 0. The van der Waals surface area contributed by atoms with Crippen LogP contribution in [0.1, 0.15) is 84.6 Å². The number of fused-ring (bicyclic) bond motifs is 8. The first-order valence-electron chi connectivity index (χ1n) is 13.9. The van der Waals surface area contributed by atoms with E-state index in [1.165, 1.54) is 0 Å². The maximum absolute atomic E-state index is 11.5. The standard InChI is InChI=1S/C34H34N4O4.ClH/c1-7-21-17(3)25-13-26-19(5)23(9-11-33(39)40)31(37-26)16-32-24(10-12-34(41)42)20(6)28(38-32)15-30-22(8-2)18(4)27(36-30)14-29(21)35-25;/h7-8,13-16,35-36H,1-2,9-12H2,3-6H3,(H,39,40)(H,41,42);1H. The lowest BCUT2D eigenvalue weighted by atomic mass is 9.98. The summed E-state index contributed by atoms with van der Waals surface area (Å²) in [6.07, 6.45) is 4.20. The number of carboxylic acid groups (broad SMARTS) is 2. The molecule has 0 radical (unpaired) electrons. The molecule has 0 aliphatic carbocycles. The van der Waals surface area contributed by atoms with Crippen molar-refractivity contribution in [1.29, 1.82) is 0 Å². The largest absolute Gasteiger partial charge is 0.481 e. The van der Waals surface area contributed by atoms with Crippen LogP contribution in [-0.2, 0) is 9.59 Å². The second-order valence-corrected chi connectivity index (χ2v) is 10.7. The normalized spacial score (nSPS) is 12.7. The van der Waals surface area contributed by atoms with Gasteiger partial charge < -0.3 is 20.2 Å². The molecule has 0 aromatic carbocycles. The molecule has 43 heavy (non-hydrogen) atoms. The zero-order chi connectivity index (χ0) is 30.3. The van der Waals surface area contributed by atoms with Crippen LogP contribution in [0, 0.1) is 13.8 Å². The van der Waals surface area contributed by atoms with Crippen molar-refractivity contribution in [2.24, 2.45) is 0 Å². The average Bonchev–Trinajstić information content (AvgIpc) is 3.59. The van der Waals surface area contributed by atoms with Gasteiger partial charge in [0.1, 0.15) is 0 Å². The number of H-pyrrole nitrogens is 2. The van der Waals surface area contributed by atoms with E-state index in [0.717, 1.165) is 78.0 Å². The van der Waals surface area contributed by atoms with Crippen molar-refractivity contribution in [2.45, 2.75) is 53.4 Å². The lowest BCUT2D eigenvalue weighted by Crippen LogP contribution is -1.97. The highest BCUT2D eigenvalue weighted by Gasteiger charge is 2.22. The van der Waals surface area contributed by atoms with Gasteiger partial charge in [-0.05, 0) is 98.2 Å². The third-order valence-electron chi connectivity index (χ3n) is 8.22. The summed E-state index contributed by atoms with van der Waals surface area (Å²) in [5.74, 6) is -1.78. The van der Waals surface area contributed by atoms with Crippen molar-refractivity contribution >= 4 is 80.9 Å². The van der Waals surface area contributed by atoms with E-state index in [9.17, 15) is 19.8 Å². The number of aliphatic carboxylic acids is 2. The SMILES string of the molecule is C=Cc1c(C)c2cc3[nH]c(cc4nc(cc5nc(cc1[nH]2)C(C)=C5CCC(=O)O)C(CCC(=O)O)=C4C)c(C)c3C=C.Cl. The Kier molecular flexibility index (Phi) is 8.92. The van der Waals surface area contributed by atoms with E-state index in [2.05, 4.69) is 29.2 Å². The summed E-state index contributed by atoms with van der Waals surface area (Å²) in [5, 5.41) is 18.9. The van der Waals surface area contributed by atoms with Crippen molar-refractivity contribution in [3.63, 3.8) is 0 Å². The van der Waals surface area contributed by atoms with Crippen molar-refractivity contribution in [2.75, 3.05) is 0 Å². The predicted octanol–water partition coefficient (Wildman–Crippen LogP) is 8.23. The fraction of sp³-hybridized carbons (Fsp3) is 0.235. The maximum atomic E-state index is 11.5. The highest BCUT2D eigenvalue weighted by Crippen LogP contribution is 2.38. The molecule has 9 heteroatoms. The second-order valence-electron chi connectivity index (χ2n) is 10.7. The van der Waals surface area contributed by atoms with Crippen molar-refractivity contribution < 1.29 is 19.8 Å². The van der Waals surface area contributed by atoms with Gasteiger partial charge in [-0.1, -0.05) is 25.3 Å². The Hall–Kier alpha value is -4.69. The summed E-state index contributed by atoms with van der Waals surface area (Å²) in [6, 6.07) is 7.88. The molecule has 4 N–H and O–H groups in total. The molecule has 0 saturated heterocycles. The molecule has 3 aromatic heterocycles. The monoisotopic (exact) mass is 598 g/mol. The molecule has 0 atom stereocenters. The Morgan fingerprint density at radius 1 is 0.674 bits per heavy atom. The van der Waals surface area contributed by atoms with E-state index in [-0.39, 0.29) is 25.2 Å². The molecule has 2 aliphatic rings. The molecule has 0 spiro atoms. The van der Waals surface area contributed by atoms with Crippen LogP contribution < -0.4 is 0 Å². The van der Waals surface area contributed by atoms with Crippen LogP contribution >= 0.6 is 12.4 Å². The number of carboxylic acids is 2. The van der Waals surface area contributed by atoms with Crippen LogP contribution in [0.2, 0.25) is 0 Å². The molecule has 0 amide bonds. The highest BCUT2D eigenvalue weighted by atomic mass is 35.5. The van der Waals surface area contributed by atoms with Gasteiger partial charge in [0.15, 0.2) is 0 Å². The molecular weight excluding hydrogens is 564 g/mol. The molecule has 2 aliphatic heterocycles. The van der Waals surface area contributed by atoms with Gasteiger partial charge in [-0.25, -0.2) is 9.97 Å². The Balaban J connectivity index is 0.00000423. The molecule has 0 fully saturated rings. The lowest BCUT2D eigenvalue weighted by molar-refractivity contribution is -0.137. The van der Waals surface area contributed by atoms with Gasteiger partial charge in [0, 0.05) is 46.0 Å². The number of aromatic amines is 2. The second kappa shape index (κ2) is 12.3. The molecule has 222 valence electrons. The summed E-state index contributed by atoms with van der Waals surface area (Å²) in [4.78, 5) is 40.0. The molecular formula is C34H35ClN4O4. The smallest absolute Gasteiger partial charge is 0.303 e. The van der Waals surface area contributed by atoms with E-state index in [4.69, 9.17) is 9.97 Å². The number of allylic oxidation sites excluding steroid dienone is 4. The number of hydrogen-bond acceptors (Lipinski definition) is 4. The fourth-order valence-corrected chi connectivity index (χ4v) is 5.77. The quantitative estimate of drug-likeness (QED) is 0.206. The Morgan fingerprint density at radius 2 is 1.07 bits per heavy atom. The maximum Gasteiger partial charge on any atom is 0.303 e. The van der Waals surface area contributed by atoms with Crippen LogP contribution in [0.5, 0.6) is 0 Å². The van der Waals surface area contributed by atoms with Crippen LogP contribution in [0.15, 0.2) is 37.4 Å². The predicted molar refractivity (Wildman–Crippen MR) is 177 cm³/mol. The molecule has 5 heterocycles. The fourth-order valence-electron chi connectivity index (χ4n) is 5.77. The molecule has 3 aromatic rings. The first-order valence-corrected chi connectivity index (χ1v) is 13.9. The van der Waals surface area contributed by atoms with Crippen LogP contribution in [0.3, 0.4) is 0 Å². The molecule has 0 saturated carbocycles. The van der Waals surface area contributed by atoms with Gasteiger partial charge in [0.25, 0.3) is 0 Å². The van der Waals surface area contributed by atoms with Gasteiger partial charge in [-0.15, -0.1) is 12.4 Å². The first-order chi connectivity index (χ1) is 20.0. The Morgan fingerprint density at radius 3 is 1.49 bits per heavy atom. The minimum Gasteiger partial charge on any atom is -0.481 e. The van der Waals surface area contributed by atoms with Crippen molar-refractivity contribution in [1.82, 2.24) is 19.9 Å². The summed E-state index contributed by atoms with van der Waals surface area (Å²) in [7, 11) is 0. The minimum atomic E-state index is -0.889. The van der Waals surface area contributed by atoms with E-state index in [1.54, 1.807) is 0 Å². The van der Waals surface area contributed by atoms with E-state index in [0.29, 0.717) is 24.2 Å². The van der Waals surface area contributed by atoms with Gasteiger partial charge in [-0.3, -0.25) is 9.59 Å². The molecule has 8 nitrogen and oxygen atoms in total. The number of nitrogens with zero attached hydrogens (tertiary/aromatic N) is 2. The van der Waals surface area contributed by atoms with E-state index in [1.807, 2.05) is 58.0 Å². The van der Waals surface area contributed by atoms with Crippen LogP contribution in [0.25, 0.3) is 56.5 Å². The summed E-state index contributed by atoms with van der Waals surface area (Å²) >= 11 is 0. The lowest BCUT2D eigenvalue weighted by Gasteiger charge is -2.05. The minimum absolute atomic E-state index is 0. The average molecular weight is 599 g/mol. The molecule has 5 rings (SSSR count). The Labute approximate surface area is 256 Å². The number of halogens is 1. The van der Waals surface area contributed by atoms with Crippen molar-refractivity contribution in [3.8, 4) is 0 Å². The third-order valence-corrected chi connectivity index (χ3v) is 8.22. The van der Waals surface area contributed by atoms with Gasteiger partial charge in [0.05, 0.1) is 22.8 Å². The number of carbonyl (C=O) groups is 2. The summed E-state index contributed by atoms with van der Waals surface area (Å²) in [5.41, 5.74) is 13.7. The first kappa shape index (κ1) is 31.3. The van der Waals surface area contributed by atoms with Gasteiger partial charge in [0.2, 0.25) is 0 Å². The van der Waals surface area contributed by atoms with Gasteiger partial charge in [-0.2, -0.15) is 0 Å². The number of hydrogen-bond donors (Lipinski definition) is 4. The number of nitrogens with one attached hydrogen (secondary N) is 2. The van der Waals surface area contributed by atoms with E-state index < -0.39 is 11.9 Å². The topological polar surface area (TPSA) is 132 Å².